The van der Waals surface area contributed by atoms with E-state index in [2.05, 4.69) is 5.32 Å². The van der Waals surface area contributed by atoms with E-state index in [9.17, 15) is 9.59 Å². The zero-order valence-corrected chi connectivity index (χ0v) is 11.9. The highest BCUT2D eigenvalue weighted by atomic mass is 16.1. The van der Waals surface area contributed by atoms with Crippen molar-refractivity contribution in [3.05, 3.63) is 23.8 Å². The first kappa shape index (κ1) is 15.7. The lowest BCUT2D eigenvalue weighted by molar-refractivity contribution is -0.121. The van der Waals surface area contributed by atoms with Crippen molar-refractivity contribution in [3.8, 4) is 0 Å². The molecule has 0 radical (unpaired) electrons. The molecule has 0 atom stereocenters. The zero-order chi connectivity index (χ0) is 13.9. The standard InChI is InChI=1S/C16H25NO2/c1-14(9-7-13-18)8-5-6-12-16(19)17-15-10-3-2-4-11-15/h5-6,8,13,15H,2-4,7,9-12H2,1H3,(H,17,19)/b6-5-,14-8-. The van der Waals surface area contributed by atoms with Crippen LogP contribution >= 0.6 is 0 Å². The summed E-state index contributed by atoms with van der Waals surface area (Å²) in [7, 11) is 0. The highest BCUT2D eigenvalue weighted by Crippen LogP contribution is 2.17. The molecular weight excluding hydrogens is 238 g/mol. The van der Waals surface area contributed by atoms with Crippen LogP contribution < -0.4 is 5.32 Å². The van der Waals surface area contributed by atoms with Crippen LogP contribution in [0.25, 0.3) is 0 Å². The van der Waals surface area contributed by atoms with Crippen molar-refractivity contribution in [1.29, 1.82) is 0 Å². The van der Waals surface area contributed by atoms with Crippen molar-refractivity contribution in [2.75, 3.05) is 0 Å². The van der Waals surface area contributed by atoms with Gasteiger partial charge < -0.3 is 10.1 Å². The Bertz CT molecular complexity index is 339. The molecule has 3 heteroatoms. The van der Waals surface area contributed by atoms with E-state index in [1.165, 1.54) is 19.3 Å². The molecule has 1 N–H and O–H groups in total. The van der Waals surface area contributed by atoms with Crippen molar-refractivity contribution in [2.24, 2.45) is 0 Å². The van der Waals surface area contributed by atoms with E-state index in [1.54, 1.807) is 0 Å². The molecule has 19 heavy (non-hydrogen) atoms. The van der Waals surface area contributed by atoms with Gasteiger partial charge in [0.1, 0.15) is 6.29 Å². The molecule has 1 saturated carbocycles. The molecule has 0 spiro atoms. The molecule has 0 aromatic carbocycles. The van der Waals surface area contributed by atoms with Crippen LogP contribution in [0.3, 0.4) is 0 Å². The first-order chi connectivity index (χ1) is 9.22. The van der Waals surface area contributed by atoms with E-state index in [-0.39, 0.29) is 5.91 Å². The lowest BCUT2D eigenvalue weighted by Gasteiger charge is -2.22. The zero-order valence-electron chi connectivity index (χ0n) is 11.9. The third kappa shape index (κ3) is 7.60. The Morgan fingerprint density at radius 2 is 2.00 bits per heavy atom. The van der Waals surface area contributed by atoms with Crippen molar-refractivity contribution in [3.63, 3.8) is 0 Å². The summed E-state index contributed by atoms with van der Waals surface area (Å²) in [5.74, 6) is 0.113. The SMILES string of the molecule is C/C(=C/C=C\CC(=O)NC1CCCCC1)CCC=O. The van der Waals surface area contributed by atoms with Gasteiger partial charge in [-0.15, -0.1) is 0 Å². The van der Waals surface area contributed by atoms with Gasteiger partial charge in [0.15, 0.2) is 0 Å². The van der Waals surface area contributed by atoms with Gasteiger partial charge in [0.2, 0.25) is 5.91 Å². The third-order valence-corrected chi connectivity index (χ3v) is 3.45. The Labute approximate surface area is 116 Å². The average Bonchev–Trinajstić information content (AvgIpc) is 2.42. The smallest absolute Gasteiger partial charge is 0.224 e. The molecular formula is C16H25NO2. The van der Waals surface area contributed by atoms with E-state index >= 15 is 0 Å². The Kier molecular flexibility index (Phi) is 7.87. The Balaban J connectivity index is 2.19. The quantitative estimate of drug-likeness (QED) is 0.566. The summed E-state index contributed by atoms with van der Waals surface area (Å²) in [4.78, 5) is 21.9. The lowest BCUT2D eigenvalue weighted by atomic mass is 9.95. The van der Waals surface area contributed by atoms with E-state index in [0.29, 0.717) is 18.9 Å². The fourth-order valence-corrected chi connectivity index (χ4v) is 2.31. The summed E-state index contributed by atoms with van der Waals surface area (Å²) in [6.45, 7) is 2.00. The molecule has 1 aliphatic rings. The van der Waals surface area contributed by atoms with Gasteiger partial charge in [-0.2, -0.15) is 0 Å². The summed E-state index contributed by atoms with van der Waals surface area (Å²) >= 11 is 0. The molecule has 0 saturated heterocycles. The number of allylic oxidation sites excluding steroid dienone is 3. The molecule has 0 heterocycles. The maximum absolute atomic E-state index is 11.7. The first-order valence-electron chi connectivity index (χ1n) is 7.27. The second-order valence-electron chi connectivity index (χ2n) is 5.25. The fourth-order valence-electron chi connectivity index (χ4n) is 2.31. The molecule has 0 aliphatic heterocycles. The molecule has 3 nitrogen and oxygen atoms in total. The van der Waals surface area contributed by atoms with E-state index in [4.69, 9.17) is 0 Å². The number of hydrogen-bond donors (Lipinski definition) is 1. The van der Waals surface area contributed by atoms with E-state index < -0.39 is 0 Å². The fraction of sp³-hybridized carbons (Fsp3) is 0.625. The van der Waals surface area contributed by atoms with Crippen LogP contribution in [0.4, 0.5) is 0 Å². The minimum Gasteiger partial charge on any atom is -0.353 e. The number of amides is 1. The van der Waals surface area contributed by atoms with Crippen molar-refractivity contribution in [2.45, 2.75) is 64.3 Å². The van der Waals surface area contributed by atoms with Crippen molar-refractivity contribution < 1.29 is 9.59 Å². The molecule has 0 bridgehead atoms. The predicted octanol–water partition coefficient (Wildman–Crippen LogP) is 3.31. The van der Waals surface area contributed by atoms with E-state index in [0.717, 1.165) is 31.1 Å². The maximum atomic E-state index is 11.7. The number of hydrogen-bond acceptors (Lipinski definition) is 2. The normalized spacial score (nSPS) is 17.6. The number of rotatable bonds is 7. The molecule has 0 aromatic heterocycles. The molecule has 1 amide bonds. The summed E-state index contributed by atoms with van der Waals surface area (Å²) in [6.07, 6.45) is 14.5. The second-order valence-corrected chi connectivity index (χ2v) is 5.25. The summed E-state index contributed by atoms with van der Waals surface area (Å²) in [5, 5.41) is 3.08. The lowest BCUT2D eigenvalue weighted by Crippen LogP contribution is -2.35. The Morgan fingerprint density at radius 1 is 1.26 bits per heavy atom. The number of carbonyl (C=O) groups is 2. The van der Waals surface area contributed by atoms with E-state index in [1.807, 2.05) is 25.2 Å². The Morgan fingerprint density at radius 3 is 2.68 bits per heavy atom. The summed E-state index contributed by atoms with van der Waals surface area (Å²) in [5.41, 5.74) is 1.16. The maximum Gasteiger partial charge on any atom is 0.224 e. The molecule has 0 aromatic rings. The summed E-state index contributed by atoms with van der Waals surface area (Å²) < 4.78 is 0. The molecule has 1 aliphatic carbocycles. The van der Waals surface area contributed by atoms with Crippen LogP contribution in [-0.4, -0.2) is 18.2 Å². The van der Waals surface area contributed by atoms with Crippen LogP contribution in [-0.2, 0) is 9.59 Å². The minimum atomic E-state index is 0.113. The van der Waals surface area contributed by atoms with Crippen LogP contribution in [0.1, 0.15) is 58.3 Å². The highest BCUT2D eigenvalue weighted by molar-refractivity contribution is 5.77. The molecule has 1 rings (SSSR count). The Hall–Kier alpha value is -1.38. The number of aldehydes is 1. The largest absolute Gasteiger partial charge is 0.353 e. The minimum absolute atomic E-state index is 0.113. The highest BCUT2D eigenvalue weighted by Gasteiger charge is 2.14. The van der Waals surface area contributed by atoms with Crippen molar-refractivity contribution >= 4 is 12.2 Å². The van der Waals surface area contributed by atoms with Gasteiger partial charge in [0.25, 0.3) is 0 Å². The summed E-state index contributed by atoms with van der Waals surface area (Å²) in [6, 6.07) is 0.388. The predicted molar refractivity (Wildman–Crippen MR) is 77.8 cm³/mol. The van der Waals surface area contributed by atoms with Gasteiger partial charge in [0, 0.05) is 18.9 Å². The van der Waals surface area contributed by atoms with Gasteiger partial charge >= 0.3 is 0 Å². The number of nitrogens with one attached hydrogen (secondary N) is 1. The number of carbonyl (C=O) groups excluding carboxylic acids is 2. The average molecular weight is 263 g/mol. The topological polar surface area (TPSA) is 46.2 Å². The molecule has 0 unspecified atom stereocenters. The monoisotopic (exact) mass is 263 g/mol. The molecule has 106 valence electrons. The van der Waals surface area contributed by atoms with Gasteiger partial charge in [-0.25, -0.2) is 0 Å². The first-order valence-corrected chi connectivity index (χ1v) is 7.27. The van der Waals surface area contributed by atoms with Crippen LogP contribution in [0.15, 0.2) is 23.8 Å². The second kappa shape index (κ2) is 9.54. The molecule has 1 fully saturated rings. The van der Waals surface area contributed by atoms with Gasteiger partial charge in [0.05, 0.1) is 0 Å². The van der Waals surface area contributed by atoms with Crippen LogP contribution in [0, 0.1) is 0 Å². The van der Waals surface area contributed by atoms with Crippen molar-refractivity contribution in [1.82, 2.24) is 5.32 Å². The van der Waals surface area contributed by atoms with Crippen LogP contribution in [0.2, 0.25) is 0 Å². The van der Waals surface area contributed by atoms with Crippen LogP contribution in [0.5, 0.6) is 0 Å². The van der Waals surface area contributed by atoms with Gasteiger partial charge in [-0.3, -0.25) is 4.79 Å². The van der Waals surface area contributed by atoms with Gasteiger partial charge in [-0.05, 0) is 26.2 Å². The third-order valence-electron chi connectivity index (χ3n) is 3.45. The van der Waals surface area contributed by atoms with Gasteiger partial charge in [-0.1, -0.05) is 43.1 Å².